The number of hydrogen-bond donors (Lipinski definition) is 2. The van der Waals surface area contributed by atoms with E-state index < -0.39 is 11.9 Å². The topological polar surface area (TPSA) is 61.0 Å². The van der Waals surface area contributed by atoms with Crippen molar-refractivity contribution in [3.8, 4) is 0 Å². The number of carbonyl (C=O) groups excluding carboxylic acids is 1. The number of amides is 2. The summed E-state index contributed by atoms with van der Waals surface area (Å²) in [4.78, 5) is 13.6. The van der Waals surface area contributed by atoms with Crippen LogP contribution in [0.1, 0.15) is 39.1 Å². The Morgan fingerprint density at radius 2 is 1.90 bits per heavy atom. The molecule has 1 aromatic rings. The summed E-state index contributed by atoms with van der Waals surface area (Å²) in [5.74, 6) is 0. The van der Waals surface area contributed by atoms with Gasteiger partial charge in [0.2, 0.25) is 0 Å². The van der Waals surface area contributed by atoms with Crippen molar-refractivity contribution in [1.29, 1.82) is 0 Å². The number of carbonyl (C=O) groups is 1. The van der Waals surface area contributed by atoms with Crippen LogP contribution in [-0.2, 0) is 12.7 Å². The van der Waals surface area contributed by atoms with Crippen LogP contribution in [0.15, 0.2) is 6.07 Å². The largest absolute Gasteiger partial charge is 0.435 e. The molecule has 5 nitrogen and oxygen atoms in total. The van der Waals surface area contributed by atoms with Gasteiger partial charge in [0.05, 0.1) is 12.2 Å². The predicted octanol–water partition coefficient (Wildman–Crippen LogP) is 2.76. The van der Waals surface area contributed by atoms with E-state index >= 15 is 0 Å². The van der Waals surface area contributed by atoms with Gasteiger partial charge in [-0.05, 0) is 33.8 Å². The van der Waals surface area contributed by atoms with E-state index in [2.05, 4.69) is 15.5 Å². The Labute approximate surface area is 115 Å². The SMILES string of the molecule is CC(C)N(C(=O)NCc1cc(C(F)(F)F)n[nH]1)C(C)C. The number of alkyl halides is 3. The first-order valence-corrected chi connectivity index (χ1v) is 6.30. The molecule has 2 N–H and O–H groups in total. The highest BCUT2D eigenvalue weighted by Gasteiger charge is 2.33. The summed E-state index contributed by atoms with van der Waals surface area (Å²) in [6.45, 7) is 7.46. The minimum atomic E-state index is -4.49. The second kappa shape index (κ2) is 6.15. The predicted molar refractivity (Wildman–Crippen MR) is 67.9 cm³/mol. The van der Waals surface area contributed by atoms with Crippen molar-refractivity contribution in [2.75, 3.05) is 0 Å². The number of H-pyrrole nitrogens is 1. The van der Waals surface area contributed by atoms with Gasteiger partial charge in [-0.1, -0.05) is 0 Å². The number of nitrogens with zero attached hydrogens (tertiary/aromatic N) is 2. The second-order valence-corrected chi connectivity index (χ2v) is 5.03. The number of rotatable bonds is 4. The van der Waals surface area contributed by atoms with Gasteiger partial charge in [0.25, 0.3) is 0 Å². The number of urea groups is 1. The fourth-order valence-corrected chi connectivity index (χ4v) is 1.92. The molecule has 0 radical (unpaired) electrons. The van der Waals surface area contributed by atoms with Crippen LogP contribution >= 0.6 is 0 Å². The molecule has 0 saturated heterocycles. The summed E-state index contributed by atoms with van der Waals surface area (Å²) in [5.41, 5.74) is -0.788. The molecule has 0 saturated carbocycles. The Morgan fingerprint density at radius 1 is 1.35 bits per heavy atom. The highest BCUT2D eigenvalue weighted by atomic mass is 19.4. The van der Waals surface area contributed by atoms with Crippen molar-refractivity contribution in [2.24, 2.45) is 0 Å². The van der Waals surface area contributed by atoms with E-state index in [1.165, 1.54) is 0 Å². The molecule has 0 aromatic carbocycles. The summed E-state index contributed by atoms with van der Waals surface area (Å²) in [7, 11) is 0. The van der Waals surface area contributed by atoms with E-state index in [1.54, 1.807) is 4.90 Å². The lowest BCUT2D eigenvalue weighted by Gasteiger charge is -2.30. The first kappa shape index (κ1) is 16.3. The molecule has 0 aliphatic heterocycles. The lowest BCUT2D eigenvalue weighted by molar-refractivity contribution is -0.141. The molecule has 114 valence electrons. The van der Waals surface area contributed by atoms with Crippen molar-refractivity contribution >= 4 is 6.03 Å². The second-order valence-electron chi connectivity index (χ2n) is 5.03. The number of nitrogens with one attached hydrogen (secondary N) is 2. The summed E-state index contributed by atoms with van der Waals surface area (Å²) in [5, 5.41) is 8.00. The van der Waals surface area contributed by atoms with Crippen LogP contribution in [0.5, 0.6) is 0 Å². The monoisotopic (exact) mass is 292 g/mol. The average molecular weight is 292 g/mol. The van der Waals surface area contributed by atoms with Gasteiger partial charge in [-0.3, -0.25) is 5.10 Å². The summed E-state index contributed by atoms with van der Waals surface area (Å²) < 4.78 is 37.1. The molecular formula is C12H19F3N4O. The molecule has 0 atom stereocenters. The Hall–Kier alpha value is -1.73. The van der Waals surface area contributed by atoms with E-state index in [0.29, 0.717) is 0 Å². The Bertz CT molecular complexity index is 446. The van der Waals surface area contributed by atoms with Gasteiger partial charge in [0.1, 0.15) is 0 Å². The smallest absolute Gasteiger partial charge is 0.332 e. The molecule has 8 heteroatoms. The molecule has 0 aliphatic rings. The van der Waals surface area contributed by atoms with E-state index in [0.717, 1.165) is 6.07 Å². The molecule has 20 heavy (non-hydrogen) atoms. The zero-order valence-corrected chi connectivity index (χ0v) is 11.9. The van der Waals surface area contributed by atoms with Crippen LogP contribution in [-0.4, -0.2) is 33.2 Å². The van der Waals surface area contributed by atoms with Gasteiger partial charge in [-0.15, -0.1) is 0 Å². The van der Waals surface area contributed by atoms with Crippen molar-refractivity contribution in [3.63, 3.8) is 0 Å². The molecule has 0 spiro atoms. The minimum absolute atomic E-state index is 0.00232. The highest BCUT2D eigenvalue weighted by molar-refractivity contribution is 5.74. The van der Waals surface area contributed by atoms with E-state index in [-0.39, 0.29) is 30.4 Å². The van der Waals surface area contributed by atoms with Gasteiger partial charge in [-0.2, -0.15) is 18.3 Å². The van der Waals surface area contributed by atoms with Crippen LogP contribution in [0.25, 0.3) is 0 Å². The maximum atomic E-state index is 12.4. The number of hydrogen-bond acceptors (Lipinski definition) is 2. The zero-order chi connectivity index (χ0) is 15.5. The van der Waals surface area contributed by atoms with Crippen LogP contribution in [0.3, 0.4) is 0 Å². The third kappa shape index (κ3) is 4.14. The van der Waals surface area contributed by atoms with E-state index in [9.17, 15) is 18.0 Å². The van der Waals surface area contributed by atoms with Crippen LogP contribution in [0, 0.1) is 0 Å². The van der Waals surface area contributed by atoms with Gasteiger partial charge in [0, 0.05) is 12.1 Å². The zero-order valence-electron chi connectivity index (χ0n) is 11.9. The number of aromatic amines is 1. The summed E-state index contributed by atoms with van der Waals surface area (Å²) in [6.07, 6.45) is -4.49. The number of aromatic nitrogens is 2. The van der Waals surface area contributed by atoms with Crippen molar-refractivity contribution in [3.05, 3.63) is 17.5 Å². The quantitative estimate of drug-likeness (QED) is 0.896. The third-order valence-corrected chi connectivity index (χ3v) is 2.70. The van der Waals surface area contributed by atoms with Gasteiger partial charge >= 0.3 is 12.2 Å². The van der Waals surface area contributed by atoms with Crippen LogP contribution < -0.4 is 5.32 Å². The Balaban J connectivity index is 2.63. The normalized spacial score (nSPS) is 12.1. The van der Waals surface area contributed by atoms with E-state index in [4.69, 9.17) is 0 Å². The Kier molecular flexibility index (Phi) is 5.02. The van der Waals surface area contributed by atoms with Gasteiger partial charge < -0.3 is 10.2 Å². The molecule has 0 unspecified atom stereocenters. The standard InChI is InChI=1S/C12H19F3N4O/c1-7(2)19(8(3)4)11(20)16-6-9-5-10(18-17-9)12(13,14)15/h5,7-8H,6H2,1-4H3,(H,16,20)(H,17,18). The Morgan fingerprint density at radius 3 is 2.30 bits per heavy atom. The first-order valence-electron chi connectivity index (χ1n) is 6.30. The average Bonchev–Trinajstić information content (AvgIpc) is 2.73. The van der Waals surface area contributed by atoms with Crippen molar-refractivity contribution in [1.82, 2.24) is 20.4 Å². The molecule has 1 aromatic heterocycles. The minimum Gasteiger partial charge on any atom is -0.332 e. The summed E-state index contributed by atoms with van der Waals surface area (Å²) in [6, 6.07) is 0.568. The van der Waals surface area contributed by atoms with Crippen LogP contribution in [0.4, 0.5) is 18.0 Å². The maximum Gasteiger partial charge on any atom is 0.435 e. The molecular weight excluding hydrogens is 273 g/mol. The lowest BCUT2D eigenvalue weighted by atomic mass is 10.2. The van der Waals surface area contributed by atoms with Gasteiger partial charge in [-0.25, -0.2) is 4.79 Å². The third-order valence-electron chi connectivity index (χ3n) is 2.70. The molecule has 0 aliphatic carbocycles. The molecule has 1 heterocycles. The highest BCUT2D eigenvalue weighted by Crippen LogP contribution is 2.27. The lowest BCUT2D eigenvalue weighted by Crippen LogP contribution is -2.47. The molecule has 1 rings (SSSR count). The van der Waals surface area contributed by atoms with Crippen LogP contribution in [0.2, 0.25) is 0 Å². The summed E-state index contributed by atoms with van der Waals surface area (Å²) >= 11 is 0. The van der Waals surface area contributed by atoms with Crippen molar-refractivity contribution in [2.45, 2.75) is 52.5 Å². The van der Waals surface area contributed by atoms with Gasteiger partial charge in [0.15, 0.2) is 5.69 Å². The van der Waals surface area contributed by atoms with E-state index in [1.807, 2.05) is 27.7 Å². The number of halogens is 3. The fourth-order valence-electron chi connectivity index (χ4n) is 1.92. The fraction of sp³-hybridized carbons (Fsp3) is 0.667. The first-order chi connectivity index (χ1) is 9.12. The molecule has 0 bridgehead atoms. The maximum absolute atomic E-state index is 12.4. The molecule has 0 fully saturated rings. The molecule has 2 amide bonds. The van der Waals surface area contributed by atoms with Crippen molar-refractivity contribution < 1.29 is 18.0 Å².